The Morgan fingerprint density at radius 2 is 1.94 bits per heavy atom. The van der Waals surface area contributed by atoms with Crippen molar-refractivity contribution in [3.63, 3.8) is 0 Å². The molecule has 0 aliphatic carbocycles. The van der Waals surface area contributed by atoms with E-state index >= 15 is 4.39 Å². The highest BCUT2D eigenvalue weighted by Gasteiger charge is 2.33. The molecule has 2 atom stereocenters. The maximum Gasteiger partial charge on any atom is 0.414 e. The molecule has 182 valence electrons. The first-order chi connectivity index (χ1) is 16.9. The molecule has 0 bridgehead atoms. The van der Waals surface area contributed by atoms with Gasteiger partial charge in [-0.05, 0) is 42.3 Å². The van der Waals surface area contributed by atoms with Gasteiger partial charge in [0.2, 0.25) is 5.91 Å². The number of carbonyl (C=O) groups is 2. The predicted octanol–water partition coefficient (Wildman–Crippen LogP) is 3.74. The number of ether oxygens (including phenoxy) is 1. The topological polar surface area (TPSA) is 79.7 Å². The first-order valence-corrected chi connectivity index (χ1v) is 11.4. The number of anilines is 2. The van der Waals surface area contributed by atoms with Gasteiger partial charge in [-0.25, -0.2) is 13.6 Å². The van der Waals surface area contributed by atoms with Crippen molar-refractivity contribution in [2.24, 2.45) is 0 Å². The molecule has 3 aromatic rings. The lowest BCUT2D eigenvalue weighted by molar-refractivity contribution is -0.119. The van der Waals surface area contributed by atoms with Gasteiger partial charge in [-0.2, -0.15) is 5.10 Å². The average Bonchev–Trinajstić information content (AvgIpc) is 3.58. The van der Waals surface area contributed by atoms with Gasteiger partial charge < -0.3 is 15.0 Å². The highest BCUT2D eigenvalue weighted by Crippen LogP contribution is 2.32. The molecular weight excluding hydrogens is 456 g/mol. The van der Waals surface area contributed by atoms with Gasteiger partial charge in [0.25, 0.3) is 0 Å². The molecule has 2 fully saturated rings. The lowest BCUT2D eigenvalue weighted by Gasteiger charge is -2.21. The molecule has 1 N–H and O–H groups in total. The molecule has 8 nitrogen and oxygen atoms in total. The Morgan fingerprint density at radius 1 is 1.14 bits per heavy atom. The number of cyclic esters (lactones) is 1. The van der Waals surface area contributed by atoms with E-state index in [0.717, 1.165) is 17.5 Å². The molecule has 2 saturated heterocycles. The van der Waals surface area contributed by atoms with Gasteiger partial charge in [0.1, 0.15) is 17.7 Å². The molecule has 1 aromatic heterocycles. The van der Waals surface area contributed by atoms with Crippen LogP contribution in [0.15, 0.2) is 54.9 Å². The summed E-state index contributed by atoms with van der Waals surface area (Å²) in [7, 11) is 0. The Morgan fingerprint density at radius 3 is 2.69 bits per heavy atom. The van der Waals surface area contributed by atoms with E-state index in [4.69, 9.17) is 4.74 Å². The summed E-state index contributed by atoms with van der Waals surface area (Å²) in [5, 5.41) is 7.10. The lowest BCUT2D eigenvalue weighted by Crippen LogP contribution is -2.33. The molecule has 0 unspecified atom stereocenters. The number of halogens is 2. The Kier molecular flexibility index (Phi) is 6.10. The third kappa shape index (κ3) is 4.82. The number of carbonyl (C=O) groups excluding carboxylic acids is 2. The molecule has 5 rings (SSSR count). The molecule has 2 aromatic carbocycles. The average molecular weight is 482 g/mol. The third-order valence-electron chi connectivity index (χ3n) is 6.35. The summed E-state index contributed by atoms with van der Waals surface area (Å²) >= 11 is 0. The fourth-order valence-electron chi connectivity index (χ4n) is 4.52. The standard InChI is InChI=1S/C25H25F2N5O3/c1-16(33)28-12-22-15-31(25(34)35-22)20-6-7-24(23(27)10-20)30-9-8-21(14-30)32-13-18(11-29-32)17-2-4-19(26)5-3-17/h2-7,10-11,13,21-22H,8-9,12,14-15H2,1H3,(H,28,33)/t21-,22-/m0/s1. The van der Waals surface area contributed by atoms with Crippen molar-refractivity contribution in [1.29, 1.82) is 0 Å². The zero-order chi connectivity index (χ0) is 24.5. The maximum atomic E-state index is 15.1. The van der Waals surface area contributed by atoms with Gasteiger partial charge in [0.05, 0.1) is 36.7 Å². The van der Waals surface area contributed by atoms with E-state index in [1.54, 1.807) is 30.5 Å². The second-order valence-electron chi connectivity index (χ2n) is 8.79. The van der Waals surface area contributed by atoms with Crippen molar-refractivity contribution >= 4 is 23.4 Å². The summed E-state index contributed by atoms with van der Waals surface area (Å²) in [5.74, 6) is -0.915. The highest BCUT2D eigenvalue weighted by atomic mass is 19.1. The highest BCUT2D eigenvalue weighted by molar-refractivity contribution is 5.90. The van der Waals surface area contributed by atoms with E-state index in [0.29, 0.717) is 24.5 Å². The molecule has 0 radical (unpaired) electrons. The normalized spacial score (nSPS) is 19.8. The number of hydrogen-bond donors (Lipinski definition) is 1. The maximum absolute atomic E-state index is 15.1. The summed E-state index contributed by atoms with van der Waals surface area (Å²) in [5.41, 5.74) is 2.65. The Bertz CT molecular complexity index is 1250. The number of rotatable bonds is 6. The molecule has 2 aliphatic heterocycles. The van der Waals surface area contributed by atoms with Crippen molar-refractivity contribution < 1.29 is 23.1 Å². The minimum Gasteiger partial charge on any atom is -0.442 e. The zero-order valence-electron chi connectivity index (χ0n) is 19.2. The molecule has 0 spiro atoms. The van der Waals surface area contributed by atoms with Crippen LogP contribution in [0.25, 0.3) is 11.1 Å². The van der Waals surface area contributed by atoms with E-state index in [2.05, 4.69) is 10.4 Å². The number of benzene rings is 2. The van der Waals surface area contributed by atoms with E-state index in [-0.39, 0.29) is 30.9 Å². The van der Waals surface area contributed by atoms with Crippen molar-refractivity contribution in [3.8, 4) is 11.1 Å². The van der Waals surface area contributed by atoms with Gasteiger partial charge in [-0.1, -0.05) is 12.1 Å². The van der Waals surface area contributed by atoms with Crippen LogP contribution in [0.5, 0.6) is 0 Å². The minimum absolute atomic E-state index is 0.0753. The van der Waals surface area contributed by atoms with Crippen LogP contribution in [0, 0.1) is 11.6 Å². The van der Waals surface area contributed by atoms with E-state index in [9.17, 15) is 14.0 Å². The van der Waals surface area contributed by atoms with Crippen LogP contribution in [0.3, 0.4) is 0 Å². The SMILES string of the molecule is CC(=O)NC[C@H]1CN(c2ccc(N3CC[C@H](n4cc(-c5ccc(F)cc5)cn4)C3)c(F)c2)C(=O)O1. The van der Waals surface area contributed by atoms with Gasteiger partial charge >= 0.3 is 6.09 Å². The monoisotopic (exact) mass is 481 g/mol. The minimum atomic E-state index is -0.565. The molecule has 2 aliphatic rings. The number of nitrogens with one attached hydrogen (secondary N) is 1. The van der Waals surface area contributed by atoms with Crippen LogP contribution in [0.1, 0.15) is 19.4 Å². The fraction of sp³-hybridized carbons (Fsp3) is 0.320. The van der Waals surface area contributed by atoms with Gasteiger partial charge in [0, 0.05) is 31.8 Å². The molecule has 10 heteroatoms. The second kappa shape index (κ2) is 9.36. The fourth-order valence-corrected chi connectivity index (χ4v) is 4.52. The summed E-state index contributed by atoms with van der Waals surface area (Å²) < 4.78 is 35.4. The van der Waals surface area contributed by atoms with Gasteiger partial charge in [-0.15, -0.1) is 0 Å². The first-order valence-electron chi connectivity index (χ1n) is 11.4. The van der Waals surface area contributed by atoms with Crippen molar-refractivity contribution in [3.05, 3.63) is 66.5 Å². The van der Waals surface area contributed by atoms with E-state index in [1.165, 1.54) is 30.0 Å². The summed E-state index contributed by atoms with van der Waals surface area (Å²) in [4.78, 5) is 26.7. The van der Waals surface area contributed by atoms with E-state index < -0.39 is 18.0 Å². The molecular formula is C25H25F2N5O3. The number of aromatic nitrogens is 2. The first kappa shape index (κ1) is 22.8. The lowest BCUT2D eigenvalue weighted by atomic mass is 10.1. The zero-order valence-corrected chi connectivity index (χ0v) is 19.2. The van der Waals surface area contributed by atoms with Crippen LogP contribution in [0.4, 0.5) is 25.0 Å². The second-order valence-corrected chi connectivity index (χ2v) is 8.79. The number of amides is 2. The largest absolute Gasteiger partial charge is 0.442 e. The van der Waals surface area contributed by atoms with Gasteiger partial charge in [0.15, 0.2) is 0 Å². The van der Waals surface area contributed by atoms with Crippen LogP contribution in [-0.4, -0.2) is 54.1 Å². The van der Waals surface area contributed by atoms with Crippen molar-refractivity contribution in [2.75, 3.05) is 36.0 Å². The van der Waals surface area contributed by atoms with Gasteiger partial charge in [-0.3, -0.25) is 14.4 Å². The van der Waals surface area contributed by atoms with Crippen LogP contribution < -0.4 is 15.1 Å². The molecule has 3 heterocycles. The Hall–Kier alpha value is -3.95. The number of hydrogen-bond acceptors (Lipinski definition) is 5. The predicted molar refractivity (Wildman–Crippen MR) is 126 cm³/mol. The summed E-state index contributed by atoms with van der Waals surface area (Å²) in [6.45, 7) is 3.09. The van der Waals surface area contributed by atoms with Crippen LogP contribution in [0.2, 0.25) is 0 Å². The number of nitrogens with zero attached hydrogens (tertiary/aromatic N) is 4. The summed E-state index contributed by atoms with van der Waals surface area (Å²) in [6, 6.07) is 11.1. The molecule has 35 heavy (non-hydrogen) atoms. The molecule has 2 amide bonds. The smallest absolute Gasteiger partial charge is 0.414 e. The Labute approximate surface area is 201 Å². The Balaban J connectivity index is 1.24. The third-order valence-corrected chi connectivity index (χ3v) is 6.35. The van der Waals surface area contributed by atoms with Crippen molar-refractivity contribution in [1.82, 2.24) is 15.1 Å². The van der Waals surface area contributed by atoms with Crippen molar-refractivity contribution in [2.45, 2.75) is 25.5 Å². The van der Waals surface area contributed by atoms with Crippen LogP contribution >= 0.6 is 0 Å². The summed E-state index contributed by atoms with van der Waals surface area (Å²) in [6.07, 6.45) is 3.43. The molecule has 0 saturated carbocycles. The van der Waals surface area contributed by atoms with Crippen LogP contribution in [-0.2, 0) is 9.53 Å². The van der Waals surface area contributed by atoms with E-state index in [1.807, 2.05) is 15.8 Å². The quantitative estimate of drug-likeness (QED) is 0.580.